The maximum Gasteiger partial charge on any atom is 0.213 e. The Bertz CT molecular complexity index is 709. The first-order valence-corrected chi connectivity index (χ1v) is 5.80. The number of aromatic nitrogens is 4. The van der Waals surface area contributed by atoms with E-state index >= 15 is 0 Å². The van der Waals surface area contributed by atoms with Gasteiger partial charge in [0.2, 0.25) is 12.3 Å². The summed E-state index contributed by atoms with van der Waals surface area (Å²) in [6.45, 7) is 0.316. The molecule has 0 saturated heterocycles. The molecule has 2 N–H and O–H groups in total. The van der Waals surface area contributed by atoms with Crippen LogP contribution in [0.5, 0.6) is 0 Å². The molecule has 18 heavy (non-hydrogen) atoms. The SMILES string of the molecule is Nc1nc2cc(F)c(Br)cc2n1Cc1ncon1. The summed E-state index contributed by atoms with van der Waals surface area (Å²) in [5.41, 5.74) is 6.98. The molecule has 6 nitrogen and oxygen atoms in total. The summed E-state index contributed by atoms with van der Waals surface area (Å²) in [5, 5.41) is 3.70. The number of nitrogens with two attached hydrogens (primary N) is 1. The van der Waals surface area contributed by atoms with Crippen molar-refractivity contribution < 1.29 is 8.91 Å². The molecule has 0 radical (unpaired) electrons. The minimum absolute atomic E-state index is 0.271. The Morgan fingerprint density at radius 2 is 2.28 bits per heavy atom. The molecule has 8 heteroatoms. The summed E-state index contributed by atoms with van der Waals surface area (Å²) in [4.78, 5) is 8.00. The zero-order chi connectivity index (χ0) is 12.7. The van der Waals surface area contributed by atoms with Crippen LogP contribution in [0.15, 0.2) is 27.5 Å². The average molecular weight is 312 g/mol. The number of rotatable bonds is 2. The van der Waals surface area contributed by atoms with E-state index in [1.807, 2.05) is 0 Å². The summed E-state index contributed by atoms with van der Waals surface area (Å²) in [7, 11) is 0. The number of hydrogen-bond acceptors (Lipinski definition) is 5. The van der Waals surface area contributed by atoms with Gasteiger partial charge < -0.3 is 14.8 Å². The fraction of sp³-hybridized carbons (Fsp3) is 0.100. The third-order valence-corrected chi connectivity index (χ3v) is 3.13. The minimum atomic E-state index is -0.383. The first kappa shape index (κ1) is 11.1. The van der Waals surface area contributed by atoms with E-state index in [9.17, 15) is 4.39 Å². The quantitative estimate of drug-likeness (QED) is 0.782. The summed E-state index contributed by atoms with van der Waals surface area (Å²) in [6, 6.07) is 2.94. The Morgan fingerprint density at radius 3 is 3.00 bits per heavy atom. The highest BCUT2D eigenvalue weighted by atomic mass is 79.9. The summed E-state index contributed by atoms with van der Waals surface area (Å²) < 4.78 is 20.1. The molecular weight excluding hydrogens is 305 g/mol. The molecule has 1 aromatic carbocycles. The van der Waals surface area contributed by atoms with E-state index < -0.39 is 0 Å². The fourth-order valence-corrected chi connectivity index (χ4v) is 2.04. The highest BCUT2D eigenvalue weighted by Crippen LogP contribution is 2.25. The summed E-state index contributed by atoms with van der Waals surface area (Å²) in [5.74, 6) is 0.362. The van der Waals surface area contributed by atoms with Crippen molar-refractivity contribution in [3.05, 3.63) is 34.6 Å². The van der Waals surface area contributed by atoms with Crippen LogP contribution in [-0.4, -0.2) is 19.7 Å². The van der Waals surface area contributed by atoms with Crippen molar-refractivity contribution in [2.45, 2.75) is 6.54 Å². The average Bonchev–Trinajstić information content (AvgIpc) is 2.92. The van der Waals surface area contributed by atoms with Gasteiger partial charge in [0.15, 0.2) is 5.82 Å². The second-order valence-electron chi connectivity index (χ2n) is 3.66. The number of imidazole rings is 1. The van der Waals surface area contributed by atoms with Gasteiger partial charge in [-0.2, -0.15) is 4.98 Å². The van der Waals surface area contributed by atoms with E-state index in [2.05, 4.69) is 35.6 Å². The number of halogens is 2. The lowest BCUT2D eigenvalue weighted by atomic mass is 10.3. The van der Waals surface area contributed by atoms with Gasteiger partial charge in [0.05, 0.1) is 22.1 Å². The fourth-order valence-electron chi connectivity index (χ4n) is 1.71. The molecule has 0 spiro atoms. The molecule has 0 amide bonds. The van der Waals surface area contributed by atoms with Crippen molar-refractivity contribution in [1.29, 1.82) is 0 Å². The van der Waals surface area contributed by atoms with Gasteiger partial charge in [-0.3, -0.25) is 0 Å². The number of benzene rings is 1. The molecule has 3 rings (SSSR count). The second kappa shape index (κ2) is 4.05. The minimum Gasteiger partial charge on any atom is -0.369 e. The van der Waals surface area contributed by atoms with Crippen LogP contribution >= 0.6 is 15.9 Å². The van der Waals surface area contributed by atoms with Gasteiger partial charge in [0.1, 0.15) is 5.82 Å². The van der Waals surface area contributed by atoms with Crippen LogP contribution in [0.3, 0.4) is 0 Å². The monoisotopic (exact) mass is 311 g/mol. The normalized spacial score (nSPS) is 11.2. The van der Waals surface area contributed by atoms with Crippen LogP contribution < -0.4 is 5.73 Å². The molecule has 92 valence electrons. The van der Waals surface area contributed by atoms with Gasteiger partial charge >= 0.3 is 0 Å². The number of fused-ring (bicyclic) bond motifs is 1. The van der Waals surface area contributed by atoms with Crippen LogP contribution in [0.4, 0.5) is 10.3 Å². The second-order valence-corrected chi connectivity index (χ2v) is 4.51. The lowest BCUT2D eigenvalue weighted by Gasteiger charge is -2.03. The van der Waals surface area contributed by atoms with Crippen molar-refractivity contribution >= 4 is 32.9 Å². The predicted octanol–water partition coefficient (Wildman–Crippen LogP) is 1.95. The van der Waals surface area contributed by atoms with Crippen LogP contribution in [0.1, 0.15) is 5.82 Å². The van der Waals surface area contributed by atoms with Crippen LogP contribution in [0.25, 0.3) is 11.0 Å². The number of nitrogens with zero attached hydrogens (tertiary/aromatic N) is 4. The van der Waals surface area contributed by atoms with E-state index in [4.69, 9.17) is 5.73 Å². The molecule has 0 aliphatic rings. The van der Waals surface area contributed by atoms with Gasteiger partial charge in [-0.15, -0.1) is 0 Å². The van der Waals surface area contributed by atoms with Crippen molar-refractivity contribution in [1.82, 2.24) is 19.7 Å². The van der Waals surface area contributed by atoms with Crippen molar-refractivity contribution in [3.8, 4) is 0 Å². The molecular formula is C10H7BrFN5O. The molecule has 0 saturated carbocycles. The van der Waals surface area contributed by atoms with Crippen LogP contribution in [0.2, 0.25) is 0 Å². The van der Waals surface area contributed by atoms with Gasteiger partial charge in [0, 0.05) is 6.07 Å². The van der Waals surface area contributed by atoms with Crippen molar-refractivity contribution in [3.63, 3.8) is 0 Å². The van der Waals surface area contributed by atoms with E-state index in [1.54, 1.807) is 10.6 Å². The summed E-state index contributed by atoms with van der Waals surface area (Å²) in [6.07, 6.45) is 1.24. The maximum atomic E-state index is 13.4. The third-order valence-electron chi connectivity index (χ3n) is 2.53. The highest BCUT2D eigenvalue weighted by Gasteiger charge is 2.13. The zero-order valence-electron chi connectivity index (χ0n) is 8.97. The van der Waals surface area contributed by atoms with Crippen molar-refractivity contribution in [2.24, 2.45) is 0 Å². The molecule has 2 heterocycles. The number of hydrogen-bond donors (Lipinski definition) is 1. The lowest BCUT2D eigenvalue weighted by Crippen LogP contribution is -2.05. The van der Waals surface area contributed by atoms with Gasteiger partial charge in [-0.05, 0) is 22.0 Å². The Labute approximate surface area is 109 Å². The molecule has 0 aliphatic heterocycles. The molecule has 3 aromatic rings. The Hall–Kier alpha value is -1.96. The molecule has 0 aliphatic carbocycles. The first-order chi connectivity index (χ1) is 8.65. The molecule has 0 bridgehead atoms. The zero-order valence-corrected chi connectivity index (χ0v) is 10.6. The maximum absolute atomic E-state index is 13.4. The lowest BCUT2D eigenvalue weighted by molar-refractivity contribution is 0.408. The number of anilines is 1. The van der Waals surface area contributed by atoms with Crippen molar-refractivity contribution in [2.75, 3.05) is 5.73 Å². The largest absolute Gasteiger partial charge is 0.369 e. The molecule has 2 aromatic heterocycles. The van der Waals surface area contributed by atoms with E-state index in [0.29, 0.717) is 27.9 Å². The van der Waals surface area contributed by atoms with Gasteiger partial charge in [0.25, 0.3) is 0 Å². The van der Waals surface area contributed by atoms with E-state index in [0.717, 1.165) is 0 Å². The molecule has 0 fully saturated rings. The van der Waals surface area contributed by atoms with Gasteiger partial charge in [-0.25, -0.2) is 9.37 Å². The Morgan fingerprint density at radius 1 is 1.44 bits per heavy atom. The highest BCUT2D eigenvalue weighted by molar-refractivity contribution is 9.10. The Balaban J connectivity index is 2.16. The first-order valence-electron chi connectivity index (χ1n) is 5.01. The smallest absolute Gasteiger partial charge is 0.213 e. The predicted molar refractivity (Wildman–Crippen MR) is 65.2 cm³/mol. The summed E-state index contributed by atoms with van der Waals surface area (Å²) >= 11 is 3.13. The topological polar surface area (TPSA) is 82.8 Å². The van der Waals surface area contributed by atoms with Crippen LogP contribution in [0, 0.1) is 5.82 Å². The molecule has 0 atom stereocenters. The van der Waals surface area contributed by atoms with Crippen LogP contribution in [-0.2, 0) is 6.54 Å². The number of nitrogen functional groups attached to an aromatic ring is 1. The Kier molecular flexibility index (Phi) is 2.51. The molecule has 0 unspecified atom stereocenters. The van der Waals surface area contributed by atoms with Gasteiger partial charge in [-0.1, -0.05) is 5.16 Å². The third kappa shape index (κ3) is 1.74. The standard InChI is InChI=1S/C10H7BrFN5O/c11-5-1-8-7(2-6(5)12)15-10(13)17(8)3-9-14-4-18-16-9/h1-2,4H,3H2,(H2,13,15). The van der Waals surface area contributed by atoms with E-state index in [1.165, 1.54) is 12.5 Å². The van der Waals surface area contributed by atoms with E-state index in [-0.39, 0.29) is 11.8 Å².